The van der Waals surface area contributed by atoms with Crippen LogP contribution >= 0.6 is 0 Å². The molecule has 0 amide bonds. The van der Waals surface area contributed by atoms with Crippen LogP contribution in [0.3, 0.4) is 0 Å². The zero-order valence-corrected chi connectivity index (χ0v) is 8.33. The van der Waals surface area contributed by atoms with Gasteiger partial charge in [-0.25, -0.2) is 0 Å². The largest absolute Gasteiger partial charge is 0.395 e. The molecule has 0 unspecified atom stereocenters. The first-order chi connectivity index (χ1) is 6.24. The number of aliphatic hydroxyl groups is 1. The first-order valence-electron chi connectivity index (χ1n) is 4.43. The average molecular weight is 188 g/mol. The van der Waals surface area contributed by atoms with Crippen molar-refractivity contribution in [3.05, 3.63) is 12.2 Å². The molecular formula is C9H20N2O2. The Bertz CT molecular complexity index is 140. The van der Waals surface area contributed by atoms with Crippen LogP contribution in [0.4, 0.5) is 0 Å². The minimum atomic E-state index is 0.154. The Morgan fingerprint density at radius 1 is 1.54 bits per heavy atom. The number of methoxy groups -OCH3 is 1. The Kier molecular flexibility index (Phi) is 7.93. The number of nitrogens with zero attached hydrogens (tertiary/aromatic N) is 1. The van der Waals surface area contributed by atoms with Crippen LogP contribution in [0.25, 0.3) is 0 Å². The summed E-state index contributed by atoms with van der Waals surface area (Å²) >= 11 is 0. The number of hydrogen-bond donors (Lipinski definition) is 2. The average Bonchev–Trinajstić information content (AvgIpc) is 2.14. The standard InChI is InChI=1S/C9H20N2O2/c1-9(7-10)8-11(3-5-12)4-6-13-2/h12H,1,3-8,10H2,2H3. The molecule has 0 aliphatic heterocycles. The van der Waals surface area contributed by atoms with Gasteiger partial charge in [0.05, 0.1) is 13.2 Å². The molecule has 0 atom stereocenters. The summed E-state index contributed by atoms with van der Waals surface area (Å²) in [5.74, 6) is 0. The lowest BCUT2D eigenvalue weighted by Crippen LogP contribution is -2.33. The second kappa shape index (κ2) is 8.19. The summed E-state index contributed by atoms with van der Waals surface area (Å²) in [5.41, 5.74) is 6.40. The summed E-state index contributed by atoms with van der Waals surface area (Å²) < 4.78 is 4.95. The van der Waals surface area contributed by atoms with Crippen molar-refractivity contribution in [1.29, 1.82) is 0 Å². The Balaban J connectivity index is 3.71. The quantitative estimate of drug-likeness (QED) is 0.501. The molecule has 0 rings (SSSR count). The molecular weight excluding hydrogens is 168 g/mol. The van der Waals surface area contributed by atoms with Crippen LogP contribution < -0.4 is 5.73 Å². The Hall–Kier alpha value is -0.420. The molecule has 3 N–H and O–H groups in total. The summed E-state index contributed by atoms with van der Waals surface area (Å²) in [6.07, 6.45) is 0. The number of rotatable bonds is 8. The van der Waals surface area contributed by atoms with Crippen molar-refractivity contribution in [3.8, 4) is 0 Å². The van der Waals surface area contributed by atoms with Crippen molar-refractivity contribution in [3.63, 3.8) is 0 Å². The van der Waals surface area contributed by atoms with Crippen molar-refractivity contribution in [2.45, 2.75) is 0 Å². The highest BCUT2D eigenvalue weighted by atomic mass is 16.5. The zero-order valence-electron chi connectivity index (χ0n) is 8.33. The lowest BCUT2D eigenvalue weighted by molar-refractivity contribution is 0.137. The van der Waals surface area contributed by atoms with Gasteiger partial charge in [-0.3, -0.25) is 4.90 Å². The predicted octanol–water partition coefficient (Wildman–Crippen LogP) is -0.558. The van der Waals surface area contributed by atoms with Crippen LogP contribution in [0.2, 0.25) is 0 Å². The van der Waals surface area contributed by atoms with E-state index in [0.717, 1.165) is 18.7 Å². The molecule has 0 aliphatic rings. The third-order valence-electron chi connectivity index (χ3n) is 1.76. The molecule has 0 fully saturated rings. The van der Waals surface area contributed by atoms with Crippen LogP contribution in [-0.2, 0) is 4.74 Å². The molecule has 0 heterocycles. The van der Waals surface area contributed by atoms with Crippen molar-refractivity contribution >= 4 is 0 Å². The number of ether oxygens (including phenoxy) is 1. The van der Waals surface area contributed by atoms with E-state index in [-0.39, 0.29) is 6.61 Å². The van der Waals surface area contributed by atoms with Crippen molar-refractivity contribution in [1.82, 2.24) is 4.90 Å². The van der Waals surface area contributed by atoms with E-state index in [2.05, 4.69) is 11.5 Å². The van der Waals surface area contributed by atoms with Gasteiger partial charge in [0, 0.05) is 33.3 Å². The summed E-state index contributed by atoms with van der Waals surface area (Å²) in [5, 5.41) is 8.78. The highest BCUT2D eigenvalue weighted by molar-refractivity contribution is 4.98. The highest BCUT2D eigenvalue weighted by Crippen LogP contribution is 1.94. The third kappa shape index (κ3) is 6.72. The molecule has 78 valence electrons. The molecule has 0 aliphatic carbocycles. The second-order valence-corrected chi connectivity index (χ2v) is 2.95. The van der Waals surface area contributed by atoms with Crippen molar-refractivity contribution in [2.24, 2.45) is 5.73 Å². The summed E-state index contributed by atoms with van der Waals surface area (Å²) in [6.45, 7) is 7.31. The van der Waals surface area contributed by atoms with Crippen molar-refractivity contribution in [2.75, 3.05) is 46.5 Å². The fourth-order valence-electron chi connectivity index (χ4n) is 1.01. The summed E-state index contributed by atoms with van der Waals surface area (Å²) in [4.78, 5) is 2.07. The van der Waals surface area contributed by atoms with E-state index in [1.807, 2.05) is 0 Å². The van der Waals surface area contributed by atoms with Gasteiger partial charge < -0.3 is 15.6 Å². The lowest BCUT2D eigenvalue weighted by atomic mass is 10.3. The SMILES string of the molecule is C=C(CN)CN(CCO)CCOC. The van der Waals surface area contributed by atoms with Gasteiger partial charge in [0.15, 0.2) is 0 Å². The smallest absolute Gasteiger partial charge is 0.0589 e. The normalized spacial score (nSPS) is 10.8. The monoisotopic (exact) mass is 188 g/mol. The zero-order chi connectivity index (χ0) is 10.1. The summed E-state index contributed by atoms with van der Waals surface area (Å²) in [7, 11) is 1.66. The van der Waals surface area contributed by atoms with Gasteiger partial charge in [-0.1, -0.05) is 6.58 Å². The third-order valence-corrected chi connectivity index (χ3v) is 1.76. The van der Waals surface area contributed by atoms with Gasteiger partial charge in [0.25, 0.3) is 0 Å². The van der Waals surface area contributed by atoms with Gasteiger partial charge >= 0.3 is 0 Å². The fourth-order valence-corrected chi connectivity index (χ4v) is 1.01. The molecule has 4 heteroatoms. The number of hydrogen-bond acceptors (Lipinski definition) is 4. The van der Waals surface area contributed by atoms with Crippen LogP contribution in [-0.4, -0.2) is 56.5 Å². The lowest BCUT2D eigenvalue weighted by Gasteiger charge is -2.21. The van der Waals surface area contributed by atoms with Crippen LogP contribution in [0.5, 0.6) is 0 Å². The Morgan fingerprint density at radius 3 is 2.69 bits per heavy atom. The maximum Gasteiger partial charge on any atom is 0.0589 e. The first kappa shape index (κ1) is 12.6. The second-order valence-electron chi connectivity index (χ2n) is 2.95. The number of nitrogens with two attached hydrogens (primary N) is 1. The molecule has 0 saturated carbocycles. The Labute approximate surface area is 80.0 Å². The van der Waals surface area contributed by atoms with E-state index in [9.17, 15) is 0 Å². The number of aliphatic hydroxyl groups excluding tert-OH is 1. The molecule has 0 spiro atoms. The molecule has 0 bridgehead atoms. The van der Waals surface area contributed by atoms with Gasteiger partial charge in [-0.2, -0.15) is 0 Å². The molecule has 0 radical (unpaired) electrons. The van der Waals surface area contributed by atoms with Crippen LogP contribution in [0.1, 0.15) is 0 Å². The molecule has 0 aromatic heterocycles. The highest BCUT2D eigenvalue weighted by Gasteiger charge is 2.04. The topological polar surface area (TPSA) is 58.7 Å². The van der Waals surface area contributed by atoms with E-state index in [1.54, 1.807) is 7.11 Å². The van der Waals surface area contributed by atoms with E-state index < -0.39 is 0 Å². The van der Waals surface area contributed by atoms with Gasteiger partial charge in [0.2, 0.25) is 0 Å². The van der Waals surface area contributed by atoms with Crippen molar-refractivity contribution < 1.29 is 9.84 Å². The minimum absolute atomic E-state index is 0.154. The van der Waals surface area contributed by atoms with Crippen LogP contribution in [0.15, 0.2) is 12.2 Å². The molecule has 0 saturated heterocycles. The summed E-state index contributed by atoms with van der Waals surface area (Å²) in [6, 6.07) is 0. The molecule has 13 heavy (non-hydrogen) atoms. The fraction of sp³-hybridized carbons (Fsp3) is 0.778. The van der Waals surface area contributed by atoms with E-state index in [0.29, 0.717) is 19.7 Å². The molecule has 0 aromatic rings. The van der Waals surface area contributed by atoms with Gasteiger partial charge in [0.1, 0.15) is 0 Å². The van der Waals surface area contributed by atoms with Gasteiger partial charge in [-0.15, -0.1) is 0 Å². The minimum Gasteiger partial charge on any atom is -0.395 e. The van der Waals surface area contributed by atoms with E-state index in [4.69, 9.17) is 15.6 Å². The van der Waals surface area contributed by atoms with E-state index in [1.165, 1.54) is 0 Å². The molecule has 4 nitrogen and oxygen atoms in total. The van der Waals surface area contributed by atoms with Crippen LogP contribution in [0, 0.1) is 0 Å². The van der Waals surface area contributed by atoms with Gasteiger partial charge in [-0.05, 0) is 5.57 Å². The Morgan fingerprint density at radius 2 is 2.23 bits per heavy atom. The first-order valence-corrected chi connectivity index (χ1v) is 4.43. The maximum absolute atomic E-state index is 8.78. The predicted molar refractivity (Wildman–Crippen MR) is 53.6 cm³/mol. The maximum atomic E-state index is 8.78. The van der Waals surface area contributed by atoms with E-state index >= 15 is 0 Å². The molecule has 0 aromatic carbocycles.